The Kier molecular flexibility index (Phi) is 2.12. The van der Waals surface area contributed by atoms with E-state index in [0.29, 0.717) is 5.41 Å². The Morgan fingerprint density at radius 3 is 2.45 bits per heavy atom. The summed E-state index contributed by atoms with van der Waals surface area (Å²) in [6, 6.07) is 0. The first kappa shape index (κ1) is 7.90. The Labute approximate surface area is 73.4 Å². The highest BCUT2D eigenvalue weighted by molar-refractivity contribution is 7.77. The Bertz CT molecular complexity index is 140. The topological polar surface area (TPSA) is 12.5 Å². The number of nitrogens with zero attached hydrogens (tertiary/aromatic N) is 1. The van der Waals surface area contributed by atoms with Gasteiger partial charge in [-0.05, 0) is 24.7 Å². The second kappa shape index (κ2) is 2.96. The third-order valence-corrected chi connectivity index (χ3v) is 3.31. The van der Waals surface area contributed by atoms with E-state index in [9.17, 15) is 0 Å². The van der Waals surface area contributed by atoms with Crippen molar-refractivity contribution in [3.8, 4) is 0 Å². The van der Waals surface area contributed by atoms with Crippen LogP contribution in [0.4, 0.5) is 0 Å². The molecule has 0 bridgehead atoms. The molecule has 2 heterocycles. The van der Waals surface area contributed by atoms with E-state index >= 15 is 0 Å². The predicted octanol–water partition coefficient (Wildman–Crippen LogP) is 1.33. The fourth-order valence-electron chi connectivity index (χ4n) is 2.12. The first-order chi connectivity index (χ1) is 5.31. The molecule has 2 fully saturated rings. The molecule has 0 N–H and O–H groups in total. The van der Waals surface area contributed by atoms with Crippen LogP contribution in [0.25, 0.3) is 0 Å². The fourth-order valence-corrected chi connectivity index (χ4v) is 2.52. The zero-order valence-corrected chi connectivity index (χ0v) is 7.65. The van der Waals surface area contributed by atoms with Crippen molar-refractivity contribution in [1.29, 1.82) is 0 Å². The maximum atomic E-state index is 5.35. The molecule has 0 amide bonds. The van der Waals surface area contributed by atoms with Gasteiger partial charge < -0.3 is 4.74 Å². The molecule has 3 heteroatoms. The van der Waals surface area contributed by atoms with Crippen LogP contribution in [0.3, 0.4) is 0 Å². The molecule has 0 aromatic heterocycles. The minimum Gasteiger partial charge on any atom is -0.381 e. The van der Waals surface area contributed by atoms with E-state index in [-0.39, 0.29) is 0 Å². The van der Waals surface area contributed by atoms with E-state index in [1.807, 2.05) is 0 Å². The van der Waals surface area contributed by atoms with Gasteiger partial charge in [-0.3, -0.25) is 4.31 Å². The molecule has 2 nitrogen and oxygen atoms in total. The Morgan fingerprint density at radius 1 is 1.18 bits per heavy atom. The lowest BCUT2D eigenvalue weighted by Crippen LogP contribution is -2.31. The molecule has 0 aromatic rings. The summed E-state index contributed by atoms with van der Waals surface area (Å²) in [5.41, 5.74) is 0.569. The van der Waals surface area contributed by atoms with Crippen LogP contribution in [0.2, 0.25) is 0 Å². The van der Waals surface area contributed by atoms with Crippen LogP contribution in [0.15, 0.2) is 0 Å². The SMILES string of the molecule is SN1CCC2(CCOCC2)C1. The third kappa shape index (κ3) is 1.55. The minimum absolute atomic E-state index is 0.569. The van der Waals surface area contributed by atoms with Gasteiger partial charge in [-0.1, -0.05) is 12.8 Å². The first-order valence-corrected chi connectivity index (χ1v) is 4.72. The summed E-state index contributed by atoms with van der Waals surface area (Å²) in [6.07, 6.45) is 3.80. The van der Waals surface area contributed by atoms with Gasteiger partial charge in [-0.2, -0.15) is 0 Å². The molecule has 11 heavy (non-hydrogen) atoms. The van der Waals surface area contributed by atoms with Gasteiger partial charge in [0.2, 0.25) is 0 Å². The van der Waals surface area contributed by atoms with Crippen LogP contribution < -0.4 is 0 Å². The Morgan fingerprint density at radius 2 is 1.91 bits per heavy atom. The van der Waals surface area contributed by atoms with Gasteiger partial charge in [0.15, 0.2) is 0 Å². The largest absolute Gasteiger partial charge is 0.381 e. The third-order valence-electron chi connectivity index (χ3n) is 2.97. The molecule has 0 atom stereocenters. The van der Waals surface area contributed by atoms with E-state index in [1.165, 1.54) is 25.8 Å². The summed E-state index contributed by atoms with van der Waals surface area (Å²) in [5.74, 6) is 0. The summed E-state index contributed by atoms with van der Waals surface area (Å²) in [4.78, 5) is 0. The van der Waals surface area contributed by atoms with E-state index in [2.05, 4.69) is 17.1 Å². The van der Waals surface area contributed by atoms with Gasteiger partial charge >= 0.3 is 0 Å². The predicted molar refractivity (Wildman–Crippen MR) is 47.7 cm³/mol. The molecule has 0 unspecified atom stereocenters. The fraction of sp³-hybridized carbons (Fsp3) is 1.00. The van der Waals surface area contributed by atoms with Crippen molar-refractivity contribution >= 4 is 12.8 Å². The van der Waals surface area contributed by atoms with Crippen molar-refractivity contribution in [3.63, 3.8) is 0 Å². The summed E-state index contributed by atoms with van der Waals surface area (Å²) < 4.78 is 7.49. The Hall–Kier alpha value is 0.270. The zero-order chi connectivity index (χ0) is 7.73. The van der Waals surface area contributed by atoms with Crippen LogP contribution in [0, 0.1) is 5.41 Å². The number of rotatable bonds is 0. The van der Waals surface area contributed by atoms with E-state index in [0.717, 1.165) is 19.8 Å². The smallest absolute Gasteiger partial charge is 0.0471 e. The lowest BCUT2D eigenvalue weighted by atomic mass is 9.80. The molecule has 2 rings (SSSR count). The van der Waals surface area contributed by atoms with Crippen molar-refractivity contribution in [2.75, 3.05) is 26.3 Å². The molecule has 0 aromatic carbocycles. The molecule has 2 aliphatic rings. The lowest BCUT2D eigenvalue weighted by molar-refractivity contribution is 0.0226. The molecule has 0 radical (unpaired) electrons. The van der Waals surface area contributed by atoms with Gasteiger partial charge in [0.25, 0.3) is 0 Å². The van der Waals surface area contributed by atoms with Crippen LogP contribution in [0.1, 0.15) is 19.3 Å². The first-order valence-electron chi connectivity index (χ1n) is 4.32. The normalized spacial score (nSPS) is 31.4. The summed E-state index contributed by atoms with van der Waals surface area (Å²) in [5, 5.41) is 0. The van der Waals surface area contributed by atoms with Crippen LogP contribution in [-0.4, -0.2) is 30.6 Å². The molecular weight excluding hydrogens is 158 g/mol. The number of hydrogen-bond donors (Lipinski definition) is 1. The van der Waals surface area contributed by atoms with Crippen LogP contribution >= 0.6 is 12.8 Å². The van der Waals surface area contributed by atoms with E-state index in [4.69, 9.17) is 4.74 Å². The number of ether oxygens (including phenoxy) is 1. The molecular formula is C8H15NOS. The van der Waals surface area contributed by atoms with E-state index in [1.54, 1.807) is 0 Å². The van der Waals surface area contributed by atoms with Crippen molar-refractivity contribution in [1.82, 2.24) is 4.31 Å². The summed E-state index contributed by atoms with van der Waals surface area (Å²) in [6.45, 7) is 4.24. The molecule has 2 aliphatic heterocycles. The quantitative estimate of drug-likeness (QED) is 0.555. The van der Waals surface area contributed by atoms with Crippen LogP contribution in [-0.2, 0) is 4.74 Å². The second-order valence-corrected chi connectivity index (χ2v) is 4.32. The second-order valence-electron chi connectivity index (χ2n) is 3.75. The Balaban J connectivity index is 1.98. The molecule has 0 aliphatic carbocycles. The van der Waals surface area contributed by atoms with Crippen LogP contribution in [0.5, 0.6) is 0 Å². The maximum Gasteiger partial charge on any atom is 0.0471 e. The molecule has 2 saturated heterocycles. The molecule has 1 spiro atoms. The van der Waals surface area contributed by atoms with Gasteiger partial charge in [-0.25, -0.2) is 0 Å². The number of hydrogen-bond acceptors (Lipinski definition) is 3. The highest BCUT2D eigenvalue weighted by Crippen LogP contribution is 2.39. The van der Waals surface area contributed by atoms with E-state index < -0.39 is 0 Å². The zero-order valence-electron chi connectivity index (χ0n) is 6.75. The van der Waals surface area contributed by atoms with Gasteiger partial charge in [-0.15, -0.1) is 0 Å². The average Bonchev–Trinajstić information content (AvgIpc) is 2.34. The lowest BCUT2D eigenvalue weighted by Gasteiger charge is -2.32. The molecule has 0 saturated carbocycles. The maximum absolute atomic E-state index is 5.35. The number of thiol groups is 1. The van der Waals surface area contributed by atoms with Crippen molar-refractivity contribution in [2.45, 2.75) is 19.3 Å². The highest BCUT2D eigenvalue weighted by atomic mass is 32.1. The monoisotopic (exact) mass is 173 g/mol. The van der Waals surface area contributed by atoms with Crippen molar-refractivity contribution < 1.29 is 4.74 Å². The van der Waals surface area contributed by atoms with Crippen molar-refractivity contribution in [3.05, 3.63) is 0 Å². The standard InChI is InChI=1S/C8H15NOS/c11-9-4-1-8(7-9)2-5-10-6-3-8/h11H,1-7H2. The average molecular weight is 173 g/mol. The van der Waals surface area contributed by atoms with Gasteiger partial charge in [0.05, 0.1) is 0 Å². The van der Waals surface area contributed by atoms with Gasteiger partial charge in [0.1, 0.15) is 0 Å². The summed E-state index contributed by atoms with van der Waals surface area (Å²) >= 11 is 4.37. The van der Waals surface area contributed by atoms with Gasteiger partial charge in [0, 0.05) is 26.3 Å². The minimum atomic E-state index is 0.569. The summed E-state index contributed by atoms with van der Waals surface area (Å²) in [7, 11) is 0. The van der Waals surface area contributed by atoms with Crippen molar-refractivity contribution in [2.24, 2.45) is 5.41 Å². The molecule has 64 valence electrons. The highest BCUT2D eigenvalue weighted by Gasteiger charge is 2.38.